The molecule has 1 fully saturated rings. The van der Waals surface area contributed by atoms with Crippen LogP contribution in [0.1, 0.15) is 0 Å². The van der Waals surface area contributed by atoms with Crippen LogP contribution in [0.25, 0.3) is 0 Å². The van der Waals surface area contributed by atoms with Crippen LogP contribution < -0.4 is 10.2 Å². The summed E-state index contributed by atoms with van der Waals surface area (Å²) in [6, 6.07) is 8.07. The molecular formula is C17H25N4OP. The number of rotatable bonds is 3. The Morgan fingerprint density at radius 3 is 2.30 bits per heavy atom. The van der Waals surface area contributed by atoms with Crippen molar-refractivity contribution in [2.45, 2.75) is 0 Å². The van der Waals surface area contributed by atoms with Crippen molar-refractivity contribution in [1.29, 1.82) is 0 Å². The second kappa shape index (κ2) is 6.50. The summed E-state index contributed by atoms with van der Waals surface area (Å²) in [6.45, 7) is 8.47. The summed E-state index contributed by atoms with van der Waals surface area (Å²) < 4.78 is 12.2. The molecule has 1 saturated heterocycles. The molecular weight excluding hydrogens is 307 g/mol. The number of nitrogens with zero attached hydrogens (tertiary/aromatic N) is 4. The SMILES string of the molecule is CN1CCN(C2=CC=NCN2c2ccc(P(C)(C)=O)cc2)CC1. The lowest BCUT2D eigenvalue weighted by atomic mass is 10.2. The number of likely N-dealkylation sites (N-methyl/N-ethyl adjacent to an activating group) is 1. The normalized spacial score (nSPS) is 19.9. The van der Waals surface area contributed by atoms with Crippen molar-refractivity contribution >= 4 is 24.3 Å². The van der Waals surface area contributed by atoms with E-state index < -0.39 is 7.14 Å². The van der Waals surface area contributed by atoms with Gasteiger partial charge < -0.3 is 19.3 Å². The zero-order valence-corrected chi connectivity index (χ0v) is 15.0. The van der Waals surface area contributed by atoms with Crippen molar-refractivity contribution in [3.63, 3.8) is 0 Å². The van der Waals surface area contributed by atoms with E-state index >= 15 is 0 Å². The van der Waals surface area contributed by atoms with Gasteiger partial charge in [0.05, 0.1) is 0 Å². The topological polar surface area (TPSA) is 39.1 Å². The van der Waals surface area contributed by atoms with Gasteiger partial charge in [0.1, 0.15) is 19.6 Å². The fourth-order valence-corrected chi connectivity index (χ4v) is 3.79. The van der Waals surface area contributed by atoms with Gasteiger partial charge in [-0.2, -0.15) is 0 Å². The predicted octanol–water partition coefficient (Wildman–Crippen LogP) is 1.87. The van der Waals surface area contributed by atoms with Gasteiger partial charge >= 0.3 is 0 Å². The molecule has 0 unspecified atom stereocenters. The maximum Gasteiger partial charge on any atom is 0.116 e. The monoisotopic (exact) mass is 332 g/mol. The third kappa shape index (κ3) is 3.67. The van der Waals surface area contributed by atoms with Crippen LogP contribution in [0.2, 0.25) is 0 Å². The van der Waals surface area contributed by atoms with Crippen LogP contribution >= 0.6 is 7.14 Å². The highest BCUT2D eigenvalue weighted by atomic mass is 31.2. The van der Waals surface area contributed by atoms with E-state index in [0.29, 0.717) is 6.67 Å². The average molecular weight is 332 g/mol. The number of piperazine rings is 1. The molecule has 0 spiro atoms. The summed E-state index contributed by atoms with van der Waals surface area (Å²) >= 11 is 0. The maximum absolute atomic E-state index is 12.2. The van der Waals surface area contributed by atoms with Gasteiger partial charge in [0.2, 0.25) is 0 Å². The average Bonchev–Trinajstić information content (AvgIpc) is 2.55. The van der Waals surface area contributed by atoms with Crippen LogP contribution in [0.4, 0.5) is 5.69 Å². The summed E-state index contributed by atoms with van der Waals surface area (Å²) in [5, 5.41) is 0.923. The largest absolute Gasteiger partial charge is 0.355 e. The van der Waals surface area contributed by atoms with Crippen molar-refractivity contribution in [3.05, 3.63) is 36.2 Å². The number of aliphatic imine (C=N–C) groups is 1. The van der Waals surface area contributed by atoms with Crippen molar-refractivity contribution in [2.75, 3.05) is 58.1 Å². The number of allylic oxidation sites excluding steroid dienone is 1. The molecule has 2 aliphatic heterocycles. The zero-order valence-electron chi connectivity index (χ0n) is 14.1. The van der Waals surface area contributed by atoms with E-state index in [1.165, 1.54) is 5.82 Å². The molecule has 1 aromatic carbocycles. The highest BCUT2D eigenvalue weighted by Gasteiger charge is 2.23. The first-order valence-electron chi connectivity index (χ1n) is 8.02. The van der Waals surface area contributed by atoms with E-state index in [-0.39, 0.29) is 0 Å². The van der Waals surface area contributed by atoms with E-state index in [4.69, 9.17) is 0 Å². The Bertz CT molecular complexity index is 654. The minimum absolute atomic E-state index is 0.632. The summed E-state index contributed by atoms with van der Waals surface area (Å²) in [6.07, 6.45) is 3.98. The highest BCUT2D eigenvalue weighted by Crippen LogP contribution is 2.35. The van der Waals surface area contributed by atoms with Gasteiger partial charge in [-0.1, -0.05) is 0 Å². The zero-order chi connectivity index (χ0) is 16.4. The Kier molecular flexibility index (Phi) is 4.60. The van der Waals surface area contributed by atoms with Crippen LogP contribution in [0.15, 0.2) is 41.2 Å². The molecule has 0 amide bonds. The number of anilines is 1. The molecule has 0 bridgehead atoms. The Balaban J connectivity index is 1.82. The predicted molar refractivity (Wildman–Crippen MR) is 98.5 cm³/mol. The molecule has 2 aliphatic rings. The first kappa shape index (κ1) is 16.3. The fourth-order valence-electron chi connectivity index (χ4n) is 2.93. The Labute approximate surface area is 138 Å². The minimum Gasteiger partial charge on any atom is -0.355 e. The molecule has 23 heavy (non-hydrogen) atoms. The molecule has 6 heteroatoms. The first-order valence-corrected chi connectivity index (χ1v) is 10.6. The summed E-state index contributed by atoms with van der Waals surface area (Å²) in [5.74, 6) is 1.21. The lowest BCUT2D eigenvalue weighted by Crippen LogP contribution is -2.48. The minimum atomic E-state index is -2.21. The molecule has 0 aromatic heterocycles. The molecule has 0 saturated carbocycles. The lowest BCUT2D eigenvalue weighted by molar-refractivity contribution is 0.183. The standard InChI is InChI=1S/C17H25N4OP/c1-19-10-12-20(13-11-19)17-8-9-18-14-21(17)15-4-6-16(7-5-15)23(2,3)22/h4-9H,10-14H2,1-3H3. The molecule has 0 N–H and O–H groups in total. The van der Waals surface area contributed by atoms with Gasteiger partial charge in [0.15, 0.2) is 0 Å². The van der Waals surface area contributed by atoms with E-state index in [2.05, 4.69) is 44.9 Å². The van der Waals surface area contributed by atoms with E-state index in [1.807, 2.05) is 31.7 Å². The van der Waals surface area contributed by atoms with E-state index in [1.54, 1.807) is 0 Å². The fraction of sp³-hybridized carbons (Fsp3) is 0.471. The molecule has 0 aliphatic carbocycles. The Morgan fingerprint density at radius 1 is 1.04 bits per heavy atom. The van der Waals surface area contributed by atoms with Gasteiger partial charge in [0, 0.05) is 43.4 Å². The van der Waals surface area contributed by atoms with Crippen LogP contribution in [0.5, 0.6) is 0 Å². The summed E-state index contributed by atoms with van der Waals surface area (Å²) in [7, 11) is -0.0402. The molecule has 0 radical (unpaired) electrons. The quantitative estimate of drug-likeness (QED) is 0.792. The molecule has 0 atom stereocenters. The van der Waals surface area contributed by atoms with Gasteiger partial charge in [-0.3, -0.25) is 4.99 Å². The Morgan fingerprint density at radius 2 is 1.70 bits per heavy atom. The Hall–Kier alpha value is -1.58. The third-order valence-corrected chi connectivity index (χ3v) is 5.98. The maximum atomic E-state index is 12.2. The molecule has 124 valence electrons. The molecule has 2 heterocycles. The number of hydrogen-bond donors (Lipinski definition) is 0. The third-order valence-electron chi connectivity index (χ3n) is 4.44. The highest BCUT2D eigenvalue weighted by molar-refractivity contribution is 7.70. The summed E-state index contributed by atoms with van der Waals surface area (Å²) in [5.41, 5.74) is 1.10. The van der Waals surface area contributed by atoms with Crippen molar-refractivity contribution in [1.82, 2.24) is 9.80 Å². The van der Waals surface area contributed by atoms with Crippen LogP contribution in [0, 0.1) is 0 Å². The van der Waals surface area contributed by atoms with Crippen LogP contribution in [0.3, 0.4) is 0 Å². The van der Waals surface area contributed by atoms with Crippen LogP contribution in [-0.2, 0) is 4.57 Å². The lowest BCUT2D eigenvalue weighted by Gasteiger charge is -2.40. The first-order chi connectivity index (χ1) is 10.9. The van der Waals surface area contributed by atoms with Crippen molar-refractivity contribution < 1.29 is 4.57 Å². The molecule has 5 nitrogen and oxygen atoms in total. The second-order valence-corrected chi connectivity index (χ2v) is 9.80. The molecule has 1 aromatic rings. The van der Waals surface area contributed by atoms with Gasteiger partial charge in [-0.25, -0.2) is 0 Å². The van der Waals surface area contributed by atoms with Gasteiger partial charge in [0.25, 0.3) is 0 Å². The van der Waals surface area contributed by atoms with E-state index in [0.717, 1.165) is 37.2 Å². The van der Waals surface area contributed by atoms with Gasteiger partial charge in [-0.05, 0) is 50.7 Å². The van der Waals surface area contributed by atoms with E-state index in [9.17, 15) is 4.57 Å². The number of hydrogen-bond acceptors (Lipinski definition) is 5. The number of benzene rings is 1. The van der Waals surface area contributed by atoms with Gasteiger partial charge in [-0.15, -0.1) is 0 Å². The summed E-state index contributed by atoms with van der Waals surface area (Å²) in [4.78, 5) is 11.4. The van der Waals surface area contributed by atoms with Crippen LogP contribution in [-0.4, -0.2) is 69.2 Å². The van der Waals surface area contributed by atoms with Crippen molar-refractivity contribution in [3.8, 4) is 0 Å². The van der Waals surface area contributed by atoms with Crippen molar-refractivity contribution in [2.24, 2.45) is 4.99 Å². The second-order valence-electron chi connectivity index (χ2n) is 6.58. The smallest absolute Gasteiger partial charge is 0.116 e. The molecule has 3 rings (SSSR count).